The van der Waals surface area contributed by atoms with Crippen LogP contribution in [0, 0.1) is 5.92 Å². The van der Waals surface area contributed by atoms with E-state index in [4.69, 9.17) is 9.47 Å². The number of carbonyl (C=O) groups is 3. The Morgan fingerprint density at radius 1 is 0.977 bits per heavy atom. The Hall–Kier alpha value is -4.25. The number of hydrogen-bond acceptors (Lipinski definition) is 7. The number of piperazine rings is 1. The van der Waals surface area contributed by atoms with E-state index in [1.54, 1.807) is 37.8 Å². The van der Waals surface area contributed by atoms with Crippen molar-refractivity contribution >= 4 is 29.6 Å². The first kappa shape index (κ1) is 32.7. The molecule has 234 valence electrons. The molecule has 1 fully saturated rings. The zero-order valence-corrected chi connectivity index (χ0v) is 25.0. The number of amides is 1. The van der Waals surface area contributed by atoms with Crippen molar-refractivity contribution in [3.63, 3.8) is 0 Å². The quantitative estimate of drug-likeness (QED) is 0.289. The number of ether oxygens (including phenoxy) is 2. The van der Waals surface area contributed by atoms with Gasteiger partial charge >= 0.3 is 18.1 Å². The minimum Gasteiger partial charge on any atom is -0.465 e. The molecule has 0 bridgehead atoms. The molecule has 0 radical (unpaired) electrons. The van der Waals surface area contributed by atoms with Gasteiger partial charge in [-0.05, 0) is 44.0 Å². The third-order valence-electron chi connectivity index (χ3n) is 7.70. The molecule has 0 aromatic heterocycles. The van der Waals surface area contributed by atoms with Crippen molar-refractivity contribution in [1.29, 1.82) is 0 Å². The smallest absolute Gasteiger partial charge is 0.416 e. The van der Waals surface area contributed by atoms with E-state index in [1.807, 2.05) is 30.3 Å². The van der Waals surface area contributed by atoms with Crippen LogP contribution < -0.4 is 0 Å². The monoisotopic (exact) mass is 611 g/mol. The van der Waals surface area contributed by atoms with Crippen LogP contribution in [-0.2, 0) is 30.0 Å². The van der Waals surface area contributed by atoms with E-state index in [2.05, 4.69) is 9.89 Å². The average Bonchev–Trinajstić information content (AvgIpc) is 3.00. The molecule has 0 saturated carbocycles. The highest BCUT2D eigenvalue weighted by Gasteiger charge is 2.43. The number of alkyl halides is 3. The molecule has 2 unspecified atom stereocenters. The van der Waals surface area contributed by atoms with Gasteiger partial charge in [0.2, 0.25) is 5.91 Å². The predicted octanol–water partition coefficient (Wildman–Crippen LogP) is 5.12. The number of allylic oxidation sites excluding steroid dienone is 1. The van der Waals surface area contributed by atoms with Crippen LogP contribution >= 0.6 is 0 Å². The second-order valence-corrected chi connectivity index (χ2v) is 10.6. The molecule has 11 heteroatoms. The van der Waals surface area contributed by atoms with Gasteiger partial charge < -0.3 is 14.4 Å². The highest BCUT2D eigenvalue weighted by Crippen LogP contribution is 2.41. The van der Waals surface area contributed by atoms with Gasteiger partial charge in [0.15, 0.2) is 0 Å². The number of nitrogens with zero attached hydrogens (tertiary/aromatic N) is 3. The summed E-state index contributed by atoms with van der Waals surface area (Å²) in [5.41, 5.74) is 0.817. The summed E-state index contributed by atoms with van der Waals surface area (Å²) in [7, 11) is 0. The van der Waals surface area contributed by atoms with Gasteiger partial charge in [-0.1, -0.05) is 48.5 Å². The number of rotatable bonds is 9. The molecule has 2 aliphatic heterocycles. The third-order valence-corrected chi connectivity index (χ3v) is 7.70. The van der Waals surface area contributed by atoms with E-state index in [9.17, 15) is 27.6 Å². The van der Waals surface area contributed by atoms with Crippen LogP contribution in [-0.4, -0.2) is 79.3 Å². The van der Waals surface area contributed by atoms with Crippen molar-refractivity contribution in [2.75, 3.05) is 45.9 Å². The van der Waals surface area contributed by atoms with Crippen molar-refractivity contribution in [2.24, 2.45) is 10.9 Å². The summed E-state index contributed by atoms with van der Waals surface area (Å²) in [6, 6.07) is 14.1. The maximum Gasteiger partial charge on any atom is 0.416 e. The first-order valence-electron chi connectivity index (χ1n) is 14.5. The van der Waals surface area contributed by atoms with E-state index in [-0.39, 0.29) is 36.0 Å². The lowest BCUT2D eigenvalue weighted by Crippen LogP contribution is -2.49. The highest BCUT2D eigenvalue weighted by molar-refractivity contribution is 6.07. The average molecular weight is 612 g/mol. The second kappa shape index (κ2) is 14.5. The van der Waals surface area contributed by atoms with E-state index in [0.717, 1.165) is 17.7 Å². The molecule has 4 rings (SSSR count). The summed E-state index contributed by atoms with van der Waals surface area (Å²) in [5.74, 6) is -3.67. The molecule has 1 amide bonds. The topological polar surface area (TPSA) is 88.5 Å². The maximum absolute atomic E-state index is 13.6. The molecule has 2 aliphatic rings. The van der Waals surface area contributed by atoms with Crippen molar-refractivity contribution in [1.82, 2.24) is 9.80 Å². The standard InChI is InChI=1S/C33H36F3N3O5/c1-4-43-31(41)28-22(2)37-23(3)29(30(28)25-11-8-12-26(21-25)33(34,35)36)32(42)44-20-19-38-15-17-39(18-16-38)27(40)14-13-24-9-6-5-7-10-24/h5-14,21,28,30H,4,15-20H2,1-3H3. The molecule has 44 heavy (non-hydrogen) atoms. The molecule has 2 aromatic carbocycles. The molecular formula is C33H36F3N3O5. The minimum atomic E-state index is -4.61. The van der Waals surface area contributed by atoms with Crippen LogP contribution in [0.1, 0.15) is 43.4 Å². The number of hydrogen-bond donors (Lipinski definition) is 0. The van der Waals surface area contributed by atoms with Gasteiger partial charge in [0, 0.05) is 56.1 Å². The van der Waals surface area contributed by atoms with Crippen LogP contribution in [0.3, 0.4) is 0 Å². The van der Waals surface area contributed by atoms with Gasteiger partial charge in [-0.25, -0.2) is 4.79 Å². The molecule has 2 heterocycles. The Kier molecular flexibility index (Phi) is 10.7. The van der Waals surface area contributed by atoms with E-state index >= 15 is 0 Å². The van der Waals surface area contributed by atoms with Crippen LogP contribution in [0.25, 0.3) is 6.08 Å². The number of halogens is 3. The van der Waals surface area contributed by atoms with Crippen molar-refractivity contribution in [2.45, 2.75) is 32.9 Å². The van der Waals surface area contributed by atoms with E-state index < -0.39 is 35.5 Å². The second-order valence-electron chi connectivity index (χ2n) is 10.6. The molecule has 8 nitrogen and oxygen atoms in total. The molecule has 2 atom stereocenters. The predicted molar refractivity (Wildman–Crippen MR) is 160 cm³/mol. The number of aliphatic imine (C=N–C) groups is 1. The summed E-state index contributed by atoms with van der Waals surface area (Å²) >= 11 is 0. The summed E-state index contributed by atoms with van der Waals surface area (Å²) in [4.78, 5) is 47.3. The number of esters is 2. The van der Waals surface area contributed by atoms with Crippen molar-refractivity contribution < 1.29 is 37.0 Å². The lowest BCUT2D eigenvalue weighted by atomic mass is 9.75. The Morgan fingerprint density at radius 2 is 1.68 bits per heavy atom. The Balaban J connectivity index is 1.42. The van der Waals surface area contributed by atoms with Crippen LogP contribution in [0.4, 0.5) is 13.2 Å². The molecule has 0 aliphatic carbocycles. The zero-order valence-electron chi connectivity index (χ0n) is 25.0. The highest BCUT2D eigenvalue weighted by atomic mass is 19.4. The van der Waals surface area contributed by atoms with Crippen LogP contribution in [0.15, 0.2) is 76.9 Å². The SMILES string of the molecule is CCOC(=O)C1C(C)=NC(C)=C(C(=O)OCCN2CCN(C(=O)C=Cc3ccccc3)CC2)C1c1cccc(C(F)(F)F)c1. The molecule has 0 N–H and O–H groups in total. The molecule has 0 spiro atoms. The third kappa shape index (κ3) is 8.02. The summed E-state index contributed by atoms with van der Waals surface area (Å²) in [6.45, 7) is 7.48. The van der Waals surface area contributed by atoms with Gasteiger partial charge in [-0.15, -0.1) is 0 Å². The van der Waals surface area contributed by atoms with Gasteiger partial charge in [-0.3, -0.25) is 19.5 Å². The Labute approximate surface area is 254 Å². The maximum atomic E-state index is 13.6. The molecule has 1 saturated heterocycles. The molecular weight excluding hydrogens is 575 g/mol. The summed E-state index contributed by atoms with van der Waals surface area (Å²) < 4.78 is 51.6. The lowest BCUT2D eigenvalue weighted by Gasteiger charge is -2.34. The van der Waals surface area contributed by atoms with Gasteiger partial charge in [0.25, 0.3) is 0 Å². The first-order chi connectivity index (χ1) is 21.0. The number of benzene rings is 2. The fourth-order valence-electron chi connectivity index (χ4n) is 5.48. The first-order valence-corrected chi connectivity index (χ1v) is 14.5. The van der Waals surface area contributed by atoms with Crippen molar-refractivity contribution in [3.05, 3.63) is 88.6 Å². The van der Waals surface area contributed by atoms with Crippen molar-refractivity contribution in [3.8, 4) is 0 Å². The van der Waals surface area contributed by atoms with Gasteiger partial charge in [-0.2, -0.15) is 13.2 Å². The van der Waals surface area contributed by atoms with Gasteiger partial charge in [0.05, 0.1) is 17.7 Å². The van der Waals surface area contributed by atoms with Crippen LogP contribution in [0.2, 0.25) is 0 Å². The minimum absolute atomic E-state index is 0.0134. The molecule has 2 aromatic rings. The fourth-order valence-corrected chi connectivity index (χ4v) is 5.48. The summed E-state index contributed by atoms with van der Waals surface area (Å²) in [6.07, 6.45) is -1.28. The van der Waals surface area contributed by atoms with E-state index in [0.29, 0.717) is 38.4 Å². The normalized spacial score (nSPS) is 19.6. The largest absolute Gasteiger partial charge is 0.465 e. The zero-order chi connectivity index (χ0) is 31.9. The van der Waals surface area contributed by atoms with Crippen LogP contribution in [0.5, 0.6) is 0 Å². The Morgan fingerprint density at radius 3 is 2.34 bits per heavy atom. The lowest BCUT2D eigenvalue weighted by molar-refractivity contribution is -0.146. The summed E-state index contributed by atoms with van der Waals surface area (Å²) in [5, 5.41) is 0. The fraction of sp³-hybridized carbons (Fsp3) is 0.394. The van der Waals surface area contributed by atoms with E-state index in [1.165, 1.54) is 12.1 Å². The number of carbonyl (C=O) groups excluding carboxylic acids is 3. The Bertz CT molecular complexity index is 1440. The van der Waals surface area contributed by atoms with Gasteiger partial charge in [0.1, 0.15) is 12.5 Å².